The Morgan fingerprint density at radius 1 is 1.00 bits per heavy atom. The first-order valence-electron chi connectivity index (χ1n) is 6.82. The molecule has 0 N–H and O–H groups in total. The molecular formula is C13H26F3NO. The third-order valence-corrected chi connectivity index (χ3v) is 2.89. The molecule has 2 nitrogen and oxygen atoms in total. The minimum atomic E-state index is -4.25. The van der Waals surface area contributed by atoms with E-state index in [2.05, 4.69) is 18.7 Å². The molecule has 0 aliphatic carbocycles. The molecule has 1 atom stereocenters. The zero-order valence-electron chi connectivity index (χ0n) is 11.7. The predicted octanol–water partition coefficient (Wildman–Crippen LogP) is 3.86. The number of hydrogen-bond acceptors (Lipinski definition) is 2. The SMILES string of the molecule is CCCCN(CCCC)CCOC(C)C(F)(F)F. The summed E-state index contributed by atoms with van der Waals surface area (Å²) in [4.78, 5) is 2.19. The highest BCUT2D eigenvalue weighted by Crippen LogP contribution is 2.22. The predicted molar refractivity (Wildman–Crippen MR) is 67.7 cm³/mol. The Labute approximate surface area is 108 Å². The number of unbranched alkanes of at least 4 members (excludes halogenated alkanes) is 2. The zero-order chi connectivity index (χ0) is 14.0. The topological polar surface area (TPSA) is 12.5 Å². The maximum atomic E-state index is 12.2. The molecule has 0 aliphatic heterocycles. The summed E-state index contributed by atoms with van der Waals surface area (Å²) in [6, 6.07) is 0. The van der Waals surface area contributed by atoms with E-state index in [0.29, 0.717) is 6.54 Å². The minimum Gasteiger partial charge on any atom is -0.368 e. The number of ether oxygens (including phenoxy) is 1. The van der Waals surface area contributed by atoms with Crippen molar-refractivity contribution in [2.24, 2.45) is 0 Å². The van der Waals surface area contributed by atoms with Crippen LogP contribution in [0.5, 0.6) is 0 Å². The first-order valence-corrected chi connectivity index (χ1v) is 6.82. The Hall–Kier alpha value is -0.290. The summed E-state index contributed by atoms with van der Waals surface area (Å²) in [5, 5.41) is 0. The van der Waals surface area contributed by atoms with Gasteiger partial charge in [0.05, 0.1) is 6.61 Å². The molecule has 0 bridgehead atoms. The summed E-state index contributed by atoms with van der Waals surface area (Å²) >= 11 is 0. The Bertz CT molecular complexity index is 189. The van der Waals surface area contributed by atoms with Crippen molar-refractivity contribution < 1.29 is 17.9 Å². The average molecular weight is 269 g/mol. The molecule has 5 heteroatoms. The van der Waals surface area contributed by atoms with E-state index in [1.807, 2.05) is 0 Å². The van der Waals surface area contributed by atoms with Gasteiger partial charge in [-0.1, -0.05) is 26.7 Å². The molecule has 0 radical (unpaired) electrons. The van der Waals surface area contributed by atoms with Crippen LogP contribution in [0.2, 0.25) is 0 Å². The van der Waals surface area contributed by atoms with Crippen LogP contribution in [0, 0.1) is 0 Å². The molecular weight excluding hydrogens is 243 g/mol. The average Bonchev–Trinajstić information content (AvgIpc) is 2.30. The molecule has 0 aromatic heterocycles. The molecule has 0 amide bonds. The number of hydrogen-bond donors (Lipinski definition) is 0. The second-order valence-corrected chi connectivity index (χ2v) is 4.60. The molecule has 0 rings (SSSR count). The van der Waals surface area contributed by atoms with Gasteiger partial charge in [0.25, 0.3) is 0 Å². The molecule has 0 spiro atoms. The van der Waals surface area contributed by atoms with Gasteiger partial charge >= 0.3 is 6.18 Å². The number of rotatable bonds is 10. The second kappa shape index (κ2) is 9.62. The van der Waals surface area contributed by atoms with E-state index in [-0.39, 0.29) is 6.61 Å². The standard InChI is InChI=1S/C13H26F3NO/c1-4-6-8-17(9-7-5-2)10-11-18-12(3)13(14,15)16/h12H,4-11H2,1-3H3. The molecule has 0 saturated heterocycles. The van der Waals surface area contributed by atoms with Gasteiger partial charge in [-0.25, -0.2) is 0 Å². The second-order valence-electron chi connectivity index (χ2n) is 4.60. The zero-order valence-corrected chi connectivity index (χ0v) is 11.7. The van der Waals surface area contributed by atoms with Crippen molar-refractivity contribution in [3.63, 3.8) is 0 Å². The molecule has 0 saturated carbocycles. The fourth-order valence-electron chi connectivity index (χ4n) is 1.55. The number of alkyl halides is 3. The van der Waals surface area contributed by atoms with Gasteiger partial charge in [-0.3, -0.25) is 0 Å². The fourth-order valence-corrected chi connectivity index (χ4v) is 1.55. The van der Waals surface area contributed by atoms with Crippen molar-refractivity contribution >= 4 is 0 Å². The van der Waals surface area contributed by atoms with Crippen LogP contribution in [0.15, 0.2) is 0 Å². The van der Waals surface area contributed by atoms with Crippen LogP contribution in [0.1, 0.15) is 46.5 Å². The van der Waals surface area contributed by atoms with E-state index in [0.717, 1.165) is 45.7 Å². The Balaban J connectivity index is 3.87. The van der Waals surface area contributed by atoms with Gasteiger partial charge in [-0.05, 0) is 32.9 Å². The monoisotopic (exact) mass is 269 g/mol. The lowest BCUT2D eigenvalue weighted by Gasteiger charge is -2.23. The number of nitrogens with zero attached hydrogens (tertiary/aromatic N) is 1. The van der Waals surface area contributed by atoms with Gasteiger partial charge < -0.3 is 9.64 Å². The molecule has 0 aromatic carbocycles. The van der Waals surface area contributed by atoms with Crippen LogP contribution < -0.4 is 0 Å². The molecule has 0 aromatic rings. The maximum absolute atomic E-state index is 12.2. The van der Waals surface area contributed by atoms with E-state index >= 15 is 0 Å². The highest BCUT2D eigenvalue weighted by atomic mass is 19.4. The van der Waals surface area contributed by atoms with Crippen molar-refractivity contribution in [3.8, 4) is 0 Å². The van der Waals surface area contributed by atoms with Crippen molar-refractivity contribution in [1.29, 1.82) is 0 Å². The fraction of sp³-hybridized carbons (Fsp3) is 1.00. The van der Waals surface area contributed by atoms with Gasteiger partial charge in [0, 0.05) is 6.54 Å². The Morgan fingerprint density at radius 2 is 1.50 bits per heavy atom. The first kappa shape index (κ1) is 17.7. The largest absolute Gasteiger partial charge is 0.414 e. The summed E-state index contributed by atoms with van der Waals surface area (Å²) in [5.74, 6) is 0. The third-order valence-electron chi connectivity index (χ3n) is 2.89. The Morgan fingerprint density at radius 3 is 1.89 bits per heavy atom. The summed E-state index contributed by atoms with van der Waals surface area (Å²) in [7, 11) is 0. The highest BCUT2D eigenvalue weighted by molar-refractivity contribution is 4.62. The van der Waals surface area contributed by atoms with Gasteiger partial charge in [0.1, 0.15) is 0 Å². The molecule has 0 fully saturated rings. The van der Waals surface area contributed by atoms with Crippen LogP contribution in [-0.4, -0.2) is 43.4 Å². The highest BCUT2D eigenvalue weighted by Gasteiger charge is 2.36. The summed E-state index contributed by atoms with van der Waals surface area (Å²) in [5.41, 5.74) is 0. The van der Waals surface area contributed by atoms with Crippen molar-refractivity contribution in [2.45, 2.75) is 58.7 Å². The van der Waals surface area contributed by atoms with Gasteiger partial charge in [0.2, 0.25) is 0 Å². The first-order chi connectivity index (χ1) is 8.41. The van der Waals surface area contributed by atoms with E-state index in [4.69, 9.17) is 4.74 Å². The molecule has 110 valence electrons. The molecule has 1 unspecified atom stereocenters. The van der Waals surface area contributed by atoms with Crippen molar-refractivity contribution in [3.05, 3.63) is 0 Å². The van der Waals surface area contributed by atoms with Crippen LogP contribution >= 0.6 is 0 Å². The van der Waals surface area contributed by atoms with Gasteiger partial charge in [-0.15, -0.1) is 0 Å². The molecule has 18 heavy (non-hydrogen) atoms. The van der Waals surface area contributed by atoms with E-state index in [1.165, 1.54) is 0 Å². The molecule has 0 heterocycles. The van der Waals surface area contributed by atoms with Crippen LogP contribution in [-0.2, 0) is 4.74 Å². The molecule has 0 aliphatic rings. The lowest BCUT2D eigenvalue weighted by Crippen LogP contribution is -2.34. The van der Waals surface area contributed by atoms with E-state index < -0.39 is 12.3 Å². The van der Waals surface area contributed by atoms with Crippen molar-refractivity contribution in [1.82, 2.24) is 4.90 Å². The van der Waals surface area contributed by atoms with Crippen LogP contribution in [0.4, 0.5) is 13.2 Å². The Kier molecular flexibility index (Phi) is 9.46. The minimum absolute atomic E-state index is 0.147. The van der Waals surface area contributed by atoms with Crippen LogP contribution in [0.25, 0.3) is 0 Å². The number of halogens is 3. The van der Waals surface area contributed by atoms with Gasteiger partial charge in [0.15, 0.2) is 6.10 Å². The maximum Gasteiger partial charge on any atom is 0.414 e. The summed E-state index contributed by atoms with van der Waals surface area (Å²) < 4.78 is 41.6. The summed E-state index contributed by atoms with van der Waals surface area (Å²) in [6.07, 6.45) is -1.56. The lowest BCUT2D eigenvalue weighted by molar-refractivity contribution is -0.214. The van der Waals surface area contributed by atoms with E-state index in [1.54, 1.807) is 0 Å². The third kappa shape index (κ3) is 8.75. The lowest BCUT2D eigenvalue weighted by atomic mass is 10.2. The van der Waals surface area contributed by atoms with E-state index in [9.17, 15) is 13.2 Å². The van der Waals surface area contributed by atoms with Gasteiger partial charge in [-0.2, -0.15) is 13.2 Å². The quantitative estimate of drug-likeness (QED) is 0.597. The van der Waals surface area contributed by atoms with Crippen LogP contribution in [0.3, 0.4) is 0 Å². The normalized spacial score (nSPS) is 14.2. The summed E-state index contributed by atoms with van der Waals surface area (Å²) in [6.45, 7) is 7.90. The van der Waals surface area contributed by atoms with Crippen molar-refractivity contribution in [2.75, 3.05) is 26.2 Å². The smallest absolute Gasteiger partial charge is 0.368 e.